The van der Waals surface area contributed by atoms with Crippen molar-refractivity contribution < 1.29 is 14.7 Å². The molecule has 1 amide bonds. The van der Waals surface area contributed by atoms with Crippen molar-refractivity contribution in [2.24, 2.45) is 5.92 Å². The molecule has 0 radical (unpaired) electrons. The second-order valence-corrected chi connectivity index (χ2v) is 5.59. The van der Waals surface area contributed by atoms with E-state index in [1.165, 1.54) is 0 Å². The summed E-state index contributed by atoms with van der Waals surface area (Å²) in [5, 5.41) is 12.1. The van der Waals surface area contributed by atoms with Crippen LogP contribution < -0.4 is 10.2 Å². The van der Waals surface area contributed by atoms with E-state index in [1.54, 1.807) is 4.90 Å². The van der Waals surface area contributed by atoms with E-state index in [1.807, 2.05) is 31.2 Å². The van der Waals surface area contributed by atoms with E-state index in [0.717, 1.165) is 30.8 Å². The van der Waals surface area contributed by atoms with Gasteiger partial charge in [0.1, 0.15) is 0 Å². The lowest BCUT2D eigenvalue weighted by atomic mass is 10.0. The van der Waals surface area contributed by atoms with Crippen molar-refractivity contribution in [3.63, 3.8) is 0 Å². The van der Waals surface area contributed by atoms with Gasteiger partial charge in [-0.25, -0.2) is 0 Å². The minimum absolute atomic E-state index is 0.00815. The van der Waals surface area contributed by atoms with Crippen LogP contribution >= 0.6 is 0 Å². The van der Waals surface area contributed by atoms with Crippen molar-refractivity contribution in [3.05, 3.63) is 29.8 Å². The zero-order valence-electron chi connectivity index (χ0n) is 12.3. The summed E-state index contributed by atoms with van der Waals surface area (Å²) >= 11 is 0. The van der Waals surface area contributed by atoms with Gasteiger partial charge in [0.25, 0.3) is 0 Å². The molecular weight excluding hydrogens is 268 g/mol. The van der Waals surface area contributed by atoms with Crippen LogP contribution in [0.2, 0.25) is 0 Å². The molecule has 1 aromatic rings. The summed E-state index contributed by atoms with van der Waals surface area (Å²) < 4.78 is 0. The van der Waals surface area contributed by atoms with Gasteiger partial charge >= 0.3 is 5.97 Å². The van der Waals surface area contributed by atoms with Crippen molar-refractivity contribution in [1.82, 2.24) is 5.32 Å². The molecule has 0 aromatic heterocycles. The number of amides is 1. The lowest BCUT2D eigenvalue weighted by molar-refractivity contribution is -0.136. The lowest BCUT2D eigenvalue weighted by Crippen LogP contribution is -2.34. The molecule has 0 spiro atoms. The first kappa shape index (κ1) is 15.5. The second-order valence-electron chi connectivity index (χ2n) is 5.59. The number of carboxylic acid groups (broad SMARTS) is 1. The summed E-state index contributed by atoms with van der Waals surface area (Å²) in [7, 11) is 0. The number of carbonyl (C=O) groups is 2. The summed E-state index contributed by atoms with van der Waals surface area (Å²) in [6, 6.07) is 7.63. The highest BCUT2D eigenvalue weighted by Gasteiger charge is 2.23. The molecule has 1 saturated heterocycles. The summed E-state index contributed by atoms with van der Waals surface area (Å²) in [6.07, 6.45) is 1.44. The molecule has 5 nitrogen and oxygen atoms in total. The van der Waals surface area contributed by atoms with Gasteiger partial charge in [-0.3, -0.25) is 9.59 Å². The Labute approximate surface area is 125 Å². The number of aryl methyl sites for hydroxylation is 1. The van der Waals surface area contributed by atoms with E-state index >= 15 is 0 Å². The molecule has 21 heavy (non-hydrogen) atoms. The minimum atomic E-state index is -0.887. The highest BCUT2D eigenvalue weighted by Crippen LogP contribution is 2.20. The molecule has 1 aliphatic heterocycles. The maximum atomic E-state index is 12.5. The van der Waals surface area contributed by atoms with Gasteiger partial charge in [0.05, 0.1) is 6.42 Å². The Bertz CT molecular complexity index is 493. The van der Waals surface area contributed by atoms with E-state index in [-0.39, 0.29) is 18.9 Å². The molecular formula is C16H22N2O3. The molecule has 0 aliphatic carbocycles. The Balaban J connectivity index is 2.08. The molecule has 1 fully saturated rings. The number of rotatable bonds is 6. The Kier molecular flexibility index (Phi) is 5.33. The molecule has 114 valence electrons. The van der Waals surface area contributed by atoms with E-state index in [0.29, 0.717) is 12.3 Å². The summed E-state index contributed by atoms with van der Waals surface area (Å²) in [5.74, 6) is -0.522. The number of nitrogens with zero attached hydrogens (tertiary/aromatic N) is 1. The number of hydrogen-bond donors (Lipinski definition) is 2. The molecule has 2 N–H and O–H groups in total. The maximum Gasteiger partial charge on any atom is 0.305 e. The largest absolute Gasteiger partial charge is 0.481 e. The SMILES string of the molecule is Cc1ccc(N(CCC(=O)O)C(=O)CC2CCNC2)cc1. The van der Waals surface area contributed by atoms with Crippen LogP contribution in [0.4, 0.5) is 5.69 Å². The van der Waals surface area contributed by atoms with E-state index < -0.39 is 5.97 Å². The summed E-state index contributed by atoms with van der Waals surface area (Å²) in [4.78, 5) is 24.9. The molecule has 1 aliphatic rings. The van der Waals surface area contributed by atoms with Crippen LogP contribution in [0.25, 0.3) is 0 Å². The van der Waals surface area contributed by atoms with Crippen molar-refractivity contribution >= 4 is 17.6 Å². The van der Waals surface area contributed by atoms with E-state index in [2.05, 4.69) is 5.32 Å². The number of hydrogen-bond acceptors (Lipinski definition) is 3. The second kappa shape index (κ2) is 7.22. The van der Waals surface area contributed by atoms with Gasteiger partial charge < -0.3 is 15.3 Å². The Morgan fingerprint density at radius 3 is 2.62 bits per heavy atom. The molecule has 1 unspecified atom stereocenters. The van der Waals surface area contributed by atoms with Crippen molar-refractivity contribution in [2.75, 3.05) is 24.5 Å². The monoisotopic (exact) mass is 290 g/mol. The van der Waals surface area contributed by atoms with Gasteiger partial charge in [0.2, 0.25) is 5.91 Å². The van der Waals surface area contributed by atoms with Crippen LogP contribution in [-0.2, 0) is 9.59 Å². The zero-order valence-corrected chi connectivity index (χ0v) is 12.3. The number of aliphatic carboxylic acids is 1. The van der Waals surface area contributed by atoms with Gasteiger partial charge in [-0.1, -0.05) is 17.7 Å². The molecule has 5 heteroatoms. The smallest absolute Gasteiger partial charge is 0.305 e. The molecule has 1 atom stereocenters. The Morgan fingerprint density at radius 2 is 2.05 bits per heavy atom. The quantitative estimate of drug-likeness (QED) is 0.838. The van der Waals surface area contributed by atoms with Crippen LogP contribution in [0.15, 0.2) is 24.3 Å². The van der Waals surface area contributed by atoms with Crippen molar-refractivity contribution in [1.29, 1.82) is 0 Å². The fourth-order valence-corrected chi connectivity index (χ4v) is 2.58. The third-order valence-corrected chi connectivity index (χ3v) is 3.82. The molecule has 1 heterocycles. The third-order valence-electron chi connectivity index (χ3n) is 3.82. The zero-order chi connectivity index (χ0) is 15.2. The topological polar surface area (TPSA) is 69.6 Å². The predicted molar refractivity (Wildman–Crippen MR) is 81.4 cm³/mol. The Hall–Kier alpha value is -1.88. The van der Waals surface area contributed by atoms with Gasteiger partial charge in [-0.05, 0) is 44.5 Å². The fraction of sp³-hybridized carbons (Fsp3) is 0.500. The van der Waals surface area contributed by atoms with Gasteiger partial charge in [0, 0.05) is 18.7 Å². The van der Waals surface area contributed by atoms with Gasteiger partial charge in [0.15, 0.2) is 0 Å². The molecule has 1 aromatic carbocycles. The number of nitrogens with one attached hydrogen (secondary N) is 1. The first-order valence-corrected chi connectivity index (χ1v) is 7.36. The number of carbonyl (C=O) groups excluding carboxylic acids is 1. The van der Waals surface area contributed by atoms with Crippen molar-refractivity contribution in [3.8, 4) is 0 Å². The predicted octanol–water partition coefficient (Wildman–Crippen LogP) is 1.80. The maximum absolute atomic E-state index is 12.5. The first-order valence-electron chi connectivity index (χ1n) is 7.36. The van der Waals surface area contributed by atoms with Crippen LogP contribution in [0.3, 0.4) is 0 Å². The third kappa shape index (κ3) is 4.56. The fourth-order valence-electron chi connectivity index (χ4n) is 2.58. The van der Waals surface area contributed by atoms with Crippen LogP contribution in [0, 0.1) is 12.8 Å². The molecule has 0 bridgehead atoms. The molecule has 2 rings (SSSR count). The van der Waals surface area contributed by atoms with Crippen LogP contribution in [-0.4, -0.2) is 36.6 Å². The van der Waals surface area contributed by atoms with Crippen LogP contribution in [0.1, 0.15) is 24.8 Å². The average molecular weight is 290 g/mol. The standard InChI is InChI=1S/C16H22N2O3/c1-12-2-4-14(5-3-12)18(9-7-16(20)21)15(19)10-13-6-8-17-11-13/h2-5,13,17H,6-11H2,1H3,(H,20,21). The number of benzene rings is 1. The van der Waals surface area contributed by atoms with E-state index in [4.69, 9.17) is 5.11 Å². The van der Waals surface area contributed by atoms with Gasteiger partial charge in [-0.2, -0.15) is 0 Å². The summed E-state index contributed by atoms with van der Waals surface area (Å²) in [5.41, 5.74) is 1.89. The lowest BCUT2D eigenvalue weighted by Gasteiger charge is -2.23. The van der Waals surface area contributed by atoms with Crippen LogP contribution in [0.5, 0.6) is 0 Å². The van der Waals surface area contributed by atoms with Crippen molar-refractivity contribution in [2.45, 2.75) is 26.2 Å². The van der Waals surface area contributed by atoms with E-state index in [9.17, 15) is 9.59 Å². The normalized spacial score (nSPS) is 17.7. The minimum Gasteiger partial charge on any atom is -0.481 e. The van der Waals surface area contributed by atoms with Gasteiger partial charge in [-0.15, -0.1) is 0 Å². The highest BCUT2D eigenvalue weighted by molar-refractivity contribution is 5.94. The first-order chi connectivity index (χ1) is 10.1. The average Bonchev–Trinajstić information content (AvgIpc) is 2.93. The summed E-state index contributed by atoms with van der Waals surface area (Å²) in [6.45, 7) is 4.03. The Morgan fingerprint density at radius 1 is 1.33 bits per heavy atom. The number of carboxylic acids is 1. The number of anilines is 1. The molecule has 0 saturated carbocycles. The highest BCUT2D eigenvalue weighted by atomic mass is 16.4.